The molecule has 0 aromatic carbocycles. The number of nitrogens with one attached hydrogen (secondary N) is 1. The number of aryl methyl sites for hydroxylation is 2. The van der Waals surface area contributed by atoms with Crippen LogP contribution in [0.5, 0.6) is 0 Å². The van der Waals surface area contributed by atoms with E-state index in [0.29, 0.717) is 13.1 Å². The van der Waals surface area contributed by atoms with Crippen LogP contribution in [0.15, 0.2) is 12.1 Å². The van der Waals surface area contributed by atoms with Gasteiger partial charge in [-0.15, -0.1) is 0 Å². The van der Waals surface area contributed by atoms with Gasteiger partial charge in [0.15, 0.2) is 0 Å². The Labute approximate surface area is 168 Å². The van der Waals surface area contributed by atoms with Gasteiger partial charge in [-0.2, -0.15) is 0 Å². The van der Waals surface area contributed by atoms with Gasteiger partial charge in [-0.1, -0.05) is 6.07 Å². The van der Waals surface area contributed by atoms with Gasteiger partial charge < -0.3 is 15.0 Å². The zero-order chi connectivity index (χ0) is 20.7. The standard InChI is InChI=1S/C21H34N4O3/c1-21(2,3)28-20(27)25-14-8-9-16-11-12-17(23-19(16)25)10-6-7-13-22-15-18(26)24(4)5/h11-12,22H,6-10,13-15H2,1-5H3. The largest absolute Gasteiger partial charge is 0.443 e. The van der Waals surface area contributed by atoms with Gasteiger partial charge in [0, 0.05) is 26.3 Å². The van der Waals surface area contributed by atoms with Crippen LogP contribution in [0.2, 0.25) is 0 Å². The van der Waals surface area contributed by atoms with Crippen LogP contribution < -0.4 is 10.2 Å². The first kappa shape index (κ1) is 22.1. The minimum atomic E-state index is -0.521. The lowest BCUT2D eigenvalue weighted by molar-refractivity contribution is -0.127. The van der Waals surface area contributed by atoms with Crippen molar-refractivity contribution < 1.29 is 14.3 Å². The molecule has 1 N–H and O–H groups in total. The fraction of sp³-hybridized carbons (Fsp3) is 0.667. The lowest BCUT2D eigenvalue weighted by Gasteiger charge is -2.31. The minimum Gasteiger partial charge on any atom is -0.443 e. The SMILES string of the molecule is CN(C)C(=O)CNCCCCc1ccc2c(n1)N(C(=O)OC(C)(C)C)CCC2. The predicted octanol–water partition coefficient (Wildman–Crippen LogP) is 2.77. The Morgan fingerprint density at radius 3 is 2.68 bits per heavy atom. The molecule has 1 aromatic heterocycles. The first-order valence-corrected chi connectivity index (χ1v) is 10.1. The summed E-state index contributed by atoms with van der Waals surface area (Å²) in [5.74, 6) is 0.825. The maximum atomic E-state index is 12.5. The number of ether oxygens (including phenoxy) is 1. The van der Waals surface area contributed by atoms with Crippen LogP contribution in [-0.2, 0) is 22.4 Å². The summed E-state index contributed by atoms with van der Waals surface area (Å²) in [5.41, 5.74) is 1.57. The third-order valence-corrected chi connectivity index (χ3v) is 4.52. The van der Waals surface area contributed by atoms with Crippen LogP contribution in [0.1, 0.15) is 51.3 Å². The number of likely N-dealkylation sites (N-methyl/N-ethyl adjacent to an activating group) is 1. The zero-order valence-corrected chi connectivity index (χ0v) is 17.9. The van der Waals surface area contributed by atoms with E-state index < -0.39 is 5.60 Å². The second-order valence-electron chi connectivity index (χ2n) is 8.44. The molecule has 7 heteroatoms. The van der Waals surface area contributed by atoms with Crippen LogP contribution in [0.25, 0.3) is 0 Å². The maximum Gasteiger partial charge on any atom is 0.416 e. The van der Waals surface area contributed by atoms with Gasteiger partial charge in [-0.3, -0.25) is 9.69 Å². The lowest BCUT2D eigenvalue weighted by Crippen LogP contribution is -2.40. The van der Waals surface area contributed by atoms with Gasteiger partial charge >= 0.3 is 6.09 Å². The van der Waals surface area contributed by atoms with Crippen molar-refractivity contribution in [3.63, 3.8) is 0 Å². The van der Waals surface area contributed by atoms with Crippen LogP contribution in [0, 0.1) is 0 Å². The number of hydrogen-bond acceptors (Lipinski definition) is 5. The second kappa shape index (κ2) is 9.87. The lowest BCUT2D eigenvalue weighted by atomic mass is 10.0. The van der Waals surface area contributed by atoms with Crippen molar-refractivity contribution in [1.29, 1.82) is 0 Å². The molecule has 0 saturated carbocycles. The molecule has 0 aliphatic carbocycles. The summed E-state index contributed by atoms with van der Waals surface area (Å²) in [6, 6.07) is 4.14. The van der Waals surface area contributed by atoms with E-state index in [1.165, 1.54) is 0 Å². The third-order valence-electron chi connectivity index (χ3n) is 4.52. The summed E-state index contributed by atoms with van der Waals surface area (Å²) < 4.78 is 5.54. The van der Waals surface area contributed by atoms with Gasteiger partial charge in [0.05, 0.1) is 6.54 Å². The monoisotopic (exact) mass is 390 g/mol. The summed E-state index contributed by atoms with van der Waals surface area (Å²) in [5, 5.41) is 3.17. The first-order valence-electron chi connectivity index (χ1n) is 10.1. The predicted molar refractivity (Wildman–Crippen MR) is 111 cm³/mol. The smallest absolute Gasteiger partial charge is 0.416 e. The number of nitrogens with zero attached hydrogens (tertiary/aromatic N) is 3. The molecule has 2 heterocycles. The van der Waals surface area contributed by atoms with Gasteiger partial charge in [-0.05, 0) is 71.0 Å². The number of amides is 2. The summed E-state index contributed by atoms with van der Waals surface area (Å²) in [7, 11) is 3.51. The molecule has 0 fully saturated rings. The van der Waals surface area contributed by atoms with Crippen molar-refractivity contribution in [2.75, 3.05) is 38.6 Å². The molecule has 0 unspecified atom stereocenters. The molecular weight excluding hydrogens is 356 g/mol. The van der Waals surface area contributed by atoms with Crippen LogP contribution >= 0.6 is 0 Å². The molecule has 1 aliphatic heterocycles. The highest BCUT2D eigenvalue weighted by molar-refractivity contribution is 5.88. The van der Waals surface area contributed by atoms with Crippen molar-refractivity contribution in [2.24, 2.45) is 0 Å². The summed E-state index contributed by atoms with van der Waals surface area (Å²) in [4.78, 5) is 32.1. The Morgan fingerprint density at radius 1 is 1.25 bits per heavy atom. The Hall–Kier alpha value is -2.15. The Balaban J connectivity index is 1.88. The molecule has 2 amide bonds. The summed E-state index contributed by atoms with van der Waals surface area (Å²) in [6.07, 6.45) is 4.32. The molecule has 2 rings (SSSR count). The van der Waals surface area contributed by atoms with Crippen LogP contribution in [0.3, 0.4) is 0 Å². The number of fused-ring (bicyclic) bond motifs is 1. The minimum absolute atomic E-state index is 0.0820. The molecule has 0 spiro atoms. The number of rotatable bonds is 7. The van der Waals surface area contributed by atoms with E-state index in [1.54, 1.807) is 23.9 Å². The van der Waals surface area contributed by atoms with Crippen LogP contribution in [-0.4, -0.2) is 61.2 Å². The molecule has 1 aromatic rings. The summed E-state index contributed by atoms with van der Waals surface area (Å²) in [6.45, 7) is 7.44. The number of hydrogen-bond donors (Lipinski definition) is 1. The zero-order valence-electron chi connectivity index (χ0n) is 17.9. The maximum absolute atomic E-state index is 12.5. The first-order chi connectivity index (χ1) is 13.2. The molecule has 0 bridgehead atoms. The van der Waals surface area contributed by atoms with Crippen LogP contribution in [0.4, 0.5) is 10.6 Å². The van der Waals surface area contributed by atoms with Crippen molar-refractivity contribution in [3.05, 3.63) is 23.4 Å². The molecule has 0 atom stereocenters. The van der Waals surface area contributed by atoms with Crippen molar-refractivity contribution in [1.82, 2.24) is 15.2 Å². The Morgan fingerprint density at radius 2 is 2.00 bits per heavy atom. The fourth-order valence-electron chi connectivity index (χ4n) is 3.02. The van der Waals surface area contributed by atoms with Crippen molar-refractivity contribution >= 4 is 17.8 Å². The van der Waals surface area contributed by atoms with Gasteiger partial charge in [-0.25, -0.2) is 9.78 Å². The topological polar surface area (TPSA) is 74.8 Å². The molecule has 7 nitrogen and oxygen atoms in total. The number of anilines is 1. The van der Waals surface area contributed by atoms with Gasteiger partial charge in [0.2, 0.25) is 5.91 Å². The number of carbonyl (C=O) groups excluding carboxylic acids is 2. The third kappa shape index (κ3) is 6.78. The average molecular weight is 391 g/mol. The normalized spacial score (nSPS) is 13.8. The van der Waals surface area contributed by atoms with Gasteiger partial charge in [0.1, 0.15) is 11.4 Å². The highest BCUT2D eigenvalue weighted by Gasteiger charge is 2.28. The van der Waals surface area contributed by atoms with Gasteiger partial charge in [0.25, 0.3) is 0 Å². The highest BCUT2D eigenvalue weighted by Crippen LogP contribution is 2.27. The van der Waals surface area contributed by atoms with E-state index in [0.717, 1.165) is 55.7 Å². The van der Waals surface area contributed by atoms with E-state index in [9.17, 15) is 9.59 Å². The van der Waals surface area contributed by atoms with E-state index >= 15 is 0 Å². The van der Waals surface area contributed by atoms with Crippen molar-refractivity contribution in [3.8, 4) is 0 Å². The molecule has 0 radical (unpaired) electrons. The fourth-order valence-corrected chi connectivity index (χ4v) is 3.02. The Bertz CT molecular complexity index is 683. The number of aromatic nitrogens is 1. The molecule has 156 valence electrons. The van der Waals surface area contributed by atoms with E-state index in [-0.39, 0.29) is 12.0 Å². The Kier molecular flexibility index (Phi) is 7.80. The summed E-state index contributed by atoms with van der Waals surface area (Å²) >= 11 is 0. The van der Waals surface area contributed by atoms with E-state index in [4.69, 9.17) is 9.72 Å². The molecule has 0 saturated heterocycles. The average Bonchev–Trinajstić information content (AvgIpc) is 2.62. The quantitative estimate of drug-likeness (QED) is 0.725. The van der Waals surface area contributed by atoms with E-state index in [2.05, 4.69) is 17.4 Å². The number of pyridine rings is 1. The number of unbranched alkanes of at least 4 members (excludes halogenated alkanes) is 1. The second-order valence-corrected chi connectivity index (χ2v) is 8.44. The van der Waals surface area contributed by atoms with E-state index in [1.807, 2.05) is 20.8 Å². The number of carbonyl (C=O) groups is 2. The molecule has 28 heavy (non-hydrogen) atoms. The molecule has 1 aliphatic rings. The van der Waals surface area contributed by atoms with Crippen molar-refractivity contribution in [2.45, 2.75) is 58.5 Å². The molecular formula is C21H34N4O3. The highest BCUT2D eigenvalue weighted by atomic mass is 16.6.